The summed E-state index contributed by atoms with van der Waals surface area (Å²) in [6.07, 6.45) is -4.73. The van der Waals surface area contributed by atoms with Crippen LogP contribution in [0.1, 0.15) is 19.4 Å². The van der Waals surface area contributed by atoms with Crippen LogP contribution in [-0.4, -0.2) is 49.8 Å². The van der Waals surface area contributed by atoms with Gasteiger partial charge in [0.2, 0.25) is 0 Å². The average molecular weight is 394 g/mol. The number of morpholine rings is 1. The summed E-state index contributed by atoms with van der Waals surface area (Å²) in [6.45, 7) is 7.66. The maximum absolute atomic E-state index is 12.9. The molecule has 1 aromatic carbocycles. The second-order valence-electron chi connectivity index (χ2n) is 6.67. The van der Waals surface area contributed by atoms with E-state index in [1.165, 1.54) is 6.07 Å². The largest absolute Gasteiger partial charge is 0.417 e. The number of anilines is 1. The first-order chi connectivity index (χ1) is 12.1. The Labute approximate surface area is 155 Å². The summed E-state index contributed by atoms with van der Waals surface area (Å²) in [6, 6.07) is 2.64. The number of urea groups is 1. The zero-order chi connectivity index (χ0) is 19.3. The van der Waals surface area contributed by atoms with E-state index < -0.39 is 22.8 Å². The molecule has 1 atom stereocenters. The van der Waals surface area contributed by atoms with E-state index in [1.807, 2.05) is 0 Å². The fraction of sp³-hybridized carbons (Fsp3) is 0.588. The monoisotopic (exact) mass is 393 g/mol. The Kier molecular flexibility index (Phi) is 7.14. The number of carbonyl (C=O) groups excluding carboxylic acids is 1. The molecule has 2 amide bonds. The van der Waals surface area contributed by atoms with Crippen molar-refractivity contribution in [3.05, 3.63) is 28.8 Å². The molecule has 0 bridgehead atoms. The Morgan fingerprint density at radius 3 is 2.81 bits per heavy atom. The van der Waals surface area contributed by atoms with Gasteiger partial charge in [-0.3, -0.25) is 4.90 Å². The third-order valence-corrected chi connectivity index (χ3v) is 4.20. The first-order valence-electron chi connectivity index (χ1n) is 8.40. The van der Waals surface area contributed by atoms with Gasteiger partial charge < -0.3 is 15.4 Å². The Hall–Kier alpha value is -1.51. The number of amides is 2. The highest BCUT2D eigenvalue weighted by Gasteiger charge is 2.33. The van der Waals surface area contributed by atoms with Crippen molar-refractivity contribution < 1.29 is 22.7 Å². The zero-order valence-corrected chi connectivity index (χ0v) is 15.5. The number of carbonyl (C=O) groups is 1. The lowest BCUT2D eigenvalue weighted by Crippen LogP contribution is -2.48. The van der Waals surface area contributed by atoms with Crippen molar-refractivity contribution in [1.82, 2.24) is 10.2 Å². The molecule has 2 rings (SSSR count). The quantitative estimate of drug-likeness (QED) is 0.799. The Morgan fingerprint density at radius 2 is 2.15 bits per heavy atom. The van der Waals surface area contributed by atoms with Crippen molar-refractivity contribution in [2.45, 2.75) is 26.1 Å². The van der Waals surface area contributed by atoms with Crippen molar-refractivity contribution in [1.29, 1.82) is 0 Å². The molecule has 0 radical (unpaired) electrons. The molecule has 0 aliphatic carbocycles. The highest BCUT2D eigenvalue weighted by Crippen LogP contribution is 2.36. The molecule has 0 spiro atoms. The van der Waals surface area contributed by atoms with E-state index in [0.29, 0.717) is 19.1 Å². The number of nitrogens with zero attached hydrogens (tertiary/aromatic N) is 1. The molecule has 0 aromatic heterocycles. The molecule has 2 N–H and O–H groups in total. The lowest BCUT2D eigenvalue weighted by Gasteiger charge is -2.33. The molecule has 9 heteroatoms. The van der Waals surface area contributed by atoms with Crippen molar-refractivity contribution in [3.63, 3.8) is 0 Å². The van der Waals surface area contributed by atoms with E-state index in [9.17, 15) is 18.0 Å². The SMILES string of the molecule is CC(C)CN1CCOC(CNC(=O)Nc2ccc(Cl)c(C(F)(F)F)c2)C1. The van der Waals surface area contributed by atoms with Gasteiger partial charge in [0.25, 0.3) is 0 Å². The van der Waals surface area contributed by atoms with E-state index in [4.69, 9.17) is 16.3 Å². The lowest BCUT2D eigenvalue weighted by molar-refractivity contribution is -0.137. The number of rotatable bonds is 5. The van der Waals surface area contributed by atoms with Gasteiger partial charge in [-0.05, 0) is 24.1 Å². The van der Waals surface area contributed by atoms with Gasteiger partial charge in [-0.2, -0.15) is 13.2 Å². The summed E-state index contributed by atoms with van der Waals surface area (Å²) >= 11 is 5.56. The van der Waals surface area contributed by atoms with Crippen LogP contribution in [0, 0.1) is 5.92 Å². The fourth-order valence-corrected chi connectivity index (χ4v) is 3.01. The minimum absolute atomic E-state index is 0.0187. The number of benzene rings is 1. The van der Waals surface area contributed by atoms with E-state index in [1.54, 1.807) is 0 Å². The molecular weight excluding hydrogens is 371 g/mol. The van der Waals surface area contributed by atoms with Crippen LogP contribution in [0.5, 0.6) is 0 Å². The van der Waals surface area contributed by atoms with Crippen LogP contribution in [-0.2, 0) is 10.9 Å². The van der Waals surface area contributed by atoms with Crippen molar-refractivity contribution in [3.8, 4) is 0 Å². The molecule has 1 aliphatic heterocycles. The summed E-state index contributed by atoms with van der Waals surface area (Å²) in [5.41, 5.74) is -0.970. The topological polar surface area (TPSA) is 53.6 Å². The molecule has 1 heterocycles. The van der Waals surface area contributed by atoms with Crippen molar-refractivity contribution in [2.75, 3.05) is 38.1 Å². The molecule has 1 aliphatic rings. The molecule has 5 nitrogen and oxygen atoms in total. The van der Waals surface area contributed by atoms with E-state index in [0.717, 1.165) is 25.2 Å². The predicted molar refractivity (Wildman–Crippen MR) is 94.5 cm³/mol. The maximum atomic E-state index is 12.9. The molecule has 26 heavy (non-hydrogen) atoms. The van der Waals surface area contributed by atoms with Crippen LogP contribution in [0.4, 0.5) is 23.7 Å². The van der Waals surface area contributed by atoms with Crippen LogP contribution in [0.15, 0.2) is 18.2 Å². The molecule has 1 fully saturated rings. The number of hydrogen-bond acceptors (Lipinski definition) is 3. The molecule has 1 saturated heterocycles. The van der Waals surface area contributed by atoms with Crippen molar-refractivity contribution in [2.24, 2.45) is 5.92 Å². The second-order valence-corrected chi connectivity index (χ2v) is 7.08. The molecule has 1 unspecified atom stereocenters. The Bertz CT molecular complexity index is 626. The Balaban J connectivity index is 1.85. The predicted octanol–water partition coefficient (Wildman–Crippen LogP) is 3.84. The molecular formula is C17H23ClF3N3O2. The number of ether oxygens (including phenoxy) is 1. The van der Waals surface area contributed by atoms with Gasteiger partial charge in [0.1, 0.15) is 0 Å². The van der Waals surface area contributed by atoms with Gasteiger partial charge in [-0.15, -0.1) is 0 Å². The number of alkyl halides is 3. The first-order valence-corrected chi connectivity index (χ1v) is 8.78. The summed E-state index contributed by atoms with van der Waals surface area (Å²) in [7, 11) is 0. The standard InChI is InChI=1S/C17H23ClF3N3O2/c1-11(2)9-24-5-6-26-13(10-24)8-22-16(25)23-12-3-4-15(18)14(7-12)17(19,20)21/h3-4,7,11,13H,5-6,8-10H2,1-2H3,(H2,22,23,25). The van der Waals surface area contributed by atoms with Gasteiger partial charge in [-0.1, -0.05) is 25.4 Å². The van der Waals surface area contributed by atoms with Crippen LogP contribution in [0.3, 0.4) is 0 Å². The molecule has 146 valence electrons. The van der Waals surface area contributed by atoms with Gasteiger partial charge in [0.05, 0.1) is 23.3 Å². The van der Waals surface area contributed by atoms with Gasteiger partial charge in [0.15, 0.2) is 0 Å². The molecule has 0 saturated carbocycles. The lowest BCUT2D eigenvalue weighted by atomic mass is 10.2. The van der Waals surface area contributed by atoms with Crippen LogP contribution in [0.2, 0.25) is 5.02 Å². The van der Waals surface area contributed by atoms with E-state index >= 15 is 0 Å². The van der Waals surface area contributed by atoms with Gasteiger partial charge in [-0.25, -0.2) is 4.79 Å². The summed E-state index contributed by atoms with van der Waals surface area (Å²) in [4.78, 5) is 14.2. The third-order valence-electron chi connectivity index (χ3n) is 3.87. The summed E-state index contributed by atoms with van der Waals surface area (Å²) in [5.74, 6) is 0.540. The number of nitrogens with one attached hydrogen (secondary N) is 2. The summed E-state index contributed by atoms with van der Waals surface area (Å²) in [5, 5.41) is 4.61. The van der Waals surface area contributed by atoms with Crippen LogP contribution in [0.25, 0.3) is 0 Å². The average Bonchev–Trinajstić information content (AvgIpc) is 2.53. The normalized spacial score (nSPS) is 18.8. The third kappa shape index (κ3) is 6.34. The smallest absolute Gasteiger partial charge is 0.374 e. The number of halogens is 4. The van der Waals surface area contributed by atoms with Crippen LogP contribution >= 0.6 is 11.6 Å². The Morgan fingerprint density at radius 1 is 1.42 bits per heavy atom. The van der Waals surface area contributed by atoms with Gasteiger partial charge >= 0.3 is 12.2 Å². The second kappa shape index (κ2) is 8.92. The maximum Gasteiger partial charge on any atom is 0.417 e. The van der Waals surface area contributed by atoms with E-state index in [2.05, 4.69) is 29.4 Å². The fourth-order valence-electron chi connectivity index (χ4n) is 2.79. The van der Waals surface area contributed by atoms with Crippen molar-refractivity contribution >= 4 is 23.3 Å². The molecule has 1 aromatic rings. The highest BCUT2D eigenvalue weighted by atomic mass is 35.5. The number of hydrogen-bond donors (Lipinski definition) is 2. The highest BCUT2D eigenvalue weighted by molar-refractivity contribution is 6.31. The van der Waals surface area contributed by atoms with Gasteiger partial charge in [0, 0.05) is 31.9 Å². The van der Waals surface area contributed by atoms with E-state index in [-0.39, 0.29) is 18.3 Å². The zero-order valence-electron chi connectivity index (χ0n) is 14.7. The van der Waals surface area contributed by atoms with Crippen LogP contribution < -0.4 is 10.6 Å². The summed E-state index contributed by atoms with van der Waals surface area (Å²) < 4.78 is 44.2. The minimum atomic E-state index is -4.58. The minimum Gasteiger partial charge on any atom is -0.374 e. The first kappa shape index (κ1) is 20.8.